The van der Waals surface area contributed by atoms with Crippen LogP contribution < -0.4 is 0 Å². The summed E-state index contributed by atoms with van der Waals surface area (Å²) >= 11 is 3.42. The zero-order valence-electron chi connectivity index (χ0n) is 13.3. The van der Waals surface area contributed by atoms with Crippen molar-refractivity contribution < 1.29 is 19.1 Å². The Bertz CT molecular complexity index is 667. The minimum absolute atomic E-state index is 0.100. The van der Waals surface area contributed by atoms with E-state index in [2.05, 4.69) is 20.8 Å². The maximum absolute atomic E-state index is 13.5. The highest BCUT2D eigenvalue weighted by atomic mass is 79.9. The van der Waals surface area contributed by atoms with Crippen LogP contribution in [-0.4, -0.2) is 52.5 Å². The van der Waals surface area contributed by atoms with Crippen LogP contribution >= 0.6 is 15.9 Å². The molecule has 24 heavy (non-hydrogen) atoms. The Hall–Kier alpha value is -1.47. The molecule has 1 aromatic carbocycles. The normalized spacial score (nSPS) is 22.2. The van der Waals surface area contributed by atoms with Gasteiger partial charge in [0.1, 0.15) is 12.4 Å². The first kappa shape index (κ1) is 17.4. The molecule has 2 aliphatic rings. The van der Waals surface area contributed by atoms with Gasteiger partial charge in [-0.2, -0.15) is 0 Å². The molecule has 7 heteroatoms. The Balaban J connectivity index is 1.80. The van der Waals surface area contributed by atoms with Crippen molar-refractivity contribution in [3.63, 3.8) is 0 Å². The molecule has 5 nitrogen and oxygen atoms in total. The number of nitrogens with zero attached hydrogens (tertiary/aromatic N) is 2. The molecule has 2 aliphatic heterocycles. The molecular weight excluding hydrogens is 379 g/mol. The van der Waals surface area contributed by atoms with E-state index in [1.807, 2.05) is 0 Å². The number of carbonyl (C=O) groups is 2. The van der Waals surface area contributed by atoms with Crippen LogP contribution in [0.4, 0.5) is 4.39 Å². The fourth-order valence-corrected chi connectivity index (χ4v) is 4.21. The predicted molar refractivity (Wildman–Crippen MR) is 90.1 cm³/mol. The van der Waals surface area contributed by atoms with E-state index in [1.165, 1.54) is 11.0 Å². The number of aliphatic carboxylic acids is 1. The SMILES string of the molecule is O=C(O)CN1CCCCC(N2CCc3cc(F)cc(Br)c3C2)C1=O. The van der Waals surface area contributed by atoms with Gasteiger partial charge >= 0.3 is 5.97 Å². The van der Waals surface area contributed by atoms with Crippen LogP contribution in [-0.2, 0) is 22.6 Å². The largest absolute Gasteiger partial charge is 0.480 e. The third kappa shape index (κ3) is 3.62. The van der Waals surface area contributed by atoms with E-state index in [0.29, 0.717) is 26.1 Å². The van der Waals surface area contributed by atoms with Crippen LogP contribution in [0.5, 0.6) is 0 Å². The molecular formula is C17H20BrFN2O3. The lowest BCUT2D eigenvalue weighted by atomic mass is 9.97. The van der Waals surface area contributed by atoms with Crippen molar-refractivity contribution in [3.8, 4) is 0 Å². The standard InChI is InChI=1S/C17H20BrFN2O3/c18-14-8-12(19)7-11-4-6-20(9-13(11)14)15-3-1-2-5-21(17(15)24)10-16(22)23/h7-8,15H,1-6,9-10H2,(H,22,23). The van der Waals surface area contributed by atoms with Crippen molar-refractivity contribution in [1.82, 2.24) is 9.80 Å². The average Bonchev–Trinajstić information content (AvgIpc) is 2.69. The number of amides is 1. The van der Waals surface area contributed by atoms with Gasteiger partial charge in [-0.3, -0.25) is 14.5 Å². The molecule has 1 amide bonds. The number of hydrogen-bond acceptors (Lipinski definition) is 3. The maximum Gasteiger partial charge on any atom is 0.323 e. The minimum atomic E-state index is -0.980. The summed E-state index contributed by atoms with van der Waals surface area (Å²) in [5.74, 6) is -1.34. The molecule has 0 aromatic heterocycles. The van der Waals surface area contributed by atoms with E-state index < -0.39 is 5.97 Å². The summed E-state index contributed by atoms with van der Waals surface area (Å²) < 4.78 is 14.3. The third-order valence-corrected chi connectivity index (χ3v) is 5.51. The molecule has 0 bridgehead atoms. The Morgan fingerprint density at radius 3 is 2.88 bits per heavy atom. The average molecular weight is 399 g/mol. The topological polar surface area (TPSA) is 60.9 Å². The summed E-state index contributed by atoms with van der Waals surface area (Å²) in [4.78, 5) is 27.3. The summed E-state index contributed by atoms with van der Waals surface area (Å²) in [6.45, 7) is 1.52. The van der Waals surface area contributed by atoms with Crippen molar-refractivity contribution in [3.05, 3.63) is 33.5 Å². The highest BCUT2D eigenvalue weighted by molar-refractivity contribution is 9.10. The minimum Gasteiger partial charge on any atom is -0.480 e. The van der Waals surface area contributed by atoms with Gasteiger partial charge in [-0.15, -0.1) is 0 Å². The molecule has 1 saturated heterocycles. The molecule has 0 spiro atoms. The number of fused-ring (bicyclic) bond motifs is 1. The van der Waals surface area contributed by atoms with Crippen LogP contribution in [0.2, 0.25) is 0 Å². The zero-order chi connectivity index (χ0) is 17.3. The summed E-state index contributed by atoms with van der Waals surface area (Å²) in [6.07, 6.45) is 3.16. The summed E-state index contributed by atoms with van der Waals surface area (Å²) in [5, 5.41) is 9.02. The van der Waals surface area contributed by atoms with Crippen molar-refractivity contribution in [2.24, 2.45) is 0 Å². The number of halogens is 2. The second kappa shape index (κ2) is 7.19. The Labute approximate surface area is 148 Å². The van der Waals surface area contributed by atoms with Crippen molar-refractivity contribution >= 4 is 27.8 Å². The van der Waals surface area contributed by atoms with Gasteiger partial charge in [-0.05, 0) is 48.9 Å². The number of carbonyl (C=O) groups excluding carboxylic acids is 1. The van der Waals surface area contributed by atoms with Gasteiger partial charge in [-0.1, -0.05) is 15.9 Å². The molecule has 1 unspecified atom stereocenters. The molecule has 130 valence electrons. The lowest BCUT2D eigenvalue weighted by Crippen LogP contribution is -2.50. The lowest BCUT2D eigenvalue weighted by Gasteiger charge is -2.36. The number of benzene rings is 1. The van der Waals surface area contributed by atoms with Crippen molar-refractivity contribution in [1.29, 1.82) is 0 Å². The van der Waals surface area contributed by atoms with Gasteiger partial charge in [0.25, 0.3) is 0 Å². The van der Waals surface area contributed by atoms with Gasteiger partial charge in [0.05, 0.1) is 6.04 Å². The molecule has 1 fully saturated rings. The molecule has 0 aliphatic carbocycles. The Morgan fingerprint density at radius 2 is 2.12 bits per heavy atom. The Morgan fingerprint density at radius 1 is 1.33 bits per heavy atom. The van der Waals surface area contributed by atoms with E-state index in [9.17, 15) is 14.0 Å². The third-order valence-electron chi connectivity index (χ3n) is 4.80. The van der Waals surface area contributed by atoms with Crippen LogP contribution in [0.1, 0.15) is 30.4 Å². The van der Waals surface area contributed by atoms with Crippen LogP contribution in [0.25, 0.3) is 0 Å². The zero-order valence-corrected chi connectivity index (χ0v) is 14.9. The lowest BCUT2D eigenvalue weighted by molar-refractivity contribution is -0.146. The summed E-state index contributed by atoms with van der Waals surface area (Å²) in [7, 11) is 0. The van der Waals surface area contributed by atoms with E-state index in [-0.39, 0.29) is 24.3 Å². The van der Waals surface area contributed by atoms with Gasteiger partial charge in [0.15, 0.2) is 0 Å². The van der Waals surface area contributed by atoms with E-state index in [4.69, 9.17) is 5.11 Å². The van der Waals surface area contributed by atoms with Crippen LogP contribution in [0, 0.1) is 5.82 Å². The smallest absolute Gasteiger partial charge is 0.323 e. The molecule has 3 rings (SSSR count). The van der Waals surface area contributed by atoms with Gasteiger partial charge in [0, 0.05) is 24.1 Å². The first-order chi connectivity index (χ1) is 11.5. The number of hydrogen-bond donors (Lipinski definition) is 1. The van der Waals surface area contributed by atoms with Crippen molar-refractivity contribution in [2.45, 2.75) is 38.3 Å². The quantitative estimate of drug-likeness (QED) is 0.848. The molecule has 1 aromatic rings. The van der Waals surface area contributed by atoms with E-state index >= 15 is 0 Å². The fourth-order valence-electron chi connectivity index (χ4n) is 3.61. The monoisotopic (exact) mass is 398 g/mol. The summed E-state index contributed by atoms with van der Waals surface area (Å²) in [6, 6.07) is 2.72. The Kier molecular flexibility index (Phi) is 5.20. The van der Waals surface area contributed by atoms with Gasteiger partial charge in [-0.25, -0.2) is 4.39 Å². The van der Waals surface area contributed by atoms with Crippen LogP contribution in [0.15, 0.2) is 16.6 Å². The van der Waals surface area contributed by atoms with Crippen molar-refractivity contribution in [2.75, 3.05) is 19.6 Å². The second-order valence-corrected chi connectivity index (χ2v) is 7.27. The number of carboxylic acid groups (broad SMARTS) is 1. The highest BCUT2D eigenvalue weighted by Gasteiger charge is 2.34. The van der Waals surface area contributed by atoms with Gasteiger partial charge < -0.3 is 10.0 Å². The van der Waals surface area contributed by atoms with E-state index in [0.717, 1.165) is 34.9 Å². The summed E-state index contributed by atoms with van der Waals surface area (Å²) in [5.41, 5.74) is 1.99. The molecule has 1 atom stereocenters. The van der Waals surface area contributed by atoms with E-state index in [1.54, 1.807) is 6.07 Å². The predicted octanol–water partition coefficient (Wildman–Crippen LogP) is 2.41. The highest BCUT2D eigenvalue weighted by Crippen LogP contribution is 2.30. The number of carboxylic acids is 1. The number of rotatable bonds is 3. The molecule has 0 saturated carbocycles. The second-order valence-electron chi connectivity index (χ2n) is 6.41. The molecule has 2 heterocycles. The van der Waals surface area contributed by atoms with Gasteiger partial charge in [0.2, 0.25) is 5.91 Å². The number of likely N-dealkylation sites (tertiary alicyclic amines) is 1. The molecule has 0 radical (unpaired) electrons. The van der Waals surface area contributed by atoms with Crippen LogP contribution in [0.3, 0.4) is 0 Å². The first-order valence-electron chi connectivity index (χ1n) is 8.17. The fraction of sp³-hybridized carbons (Fsp3) is 0.529. The first-order valence-corrected chi connectivity index (χ1v) is 8.96. The molecule has 1 N–H and O–H groups in total. The maximum atomic E-state index is 13.5.